The monoisotopic (exact) mass is 331 g/mol. The minimum Gasteiger partial charge on any atom is -0.632 e. The molecule has 0 saturated carbocycles. The van der Waals surface area contributed by atoms with Crippen molar-refractivity contribution < 1.29 is 13.1 Å². The van der Waals surface area contributed by atoms with Gasteiger partial charge in [0.05, 0.1) is 18.0 Å². The van der Waals surface area contributed by atoms with Crippen molar-refractivity contribution in [3.8, 4) is 0 Å². The Labute approximate surface area is 137 Å². The molecule has 1 heterocycles. The van der Waals surface area contributed by atoms with Crippen LogP contribution in [-0.4, -0.2) is 31.4 Å². The predicted molar refractivity (Wildman–Crippen MR) is 90.2 cm³/mol. The normalized spacial score (nSPS) is 31.2. The molecule has 1 aliphatic rings. The van der Waals surface area contributed by atoms with E-state index in [4.69, 9.17) is 0 Å². The van der Waals surface area contributed by atoms with Gasteiger partial charge in [0.15, 0.2) is 9.84 Å². The quantitative estimate of drug-likeness (QED) is 0.640. The molecule has 1 saturated heterocycles. The fraction of sp³-hybridized carbons (Fsp3) is 0.333. The van der Waals surface area contributed by atoms with Crippen molar-refractivity contribution in [1.82, 2.24) is 0 Å². The number of likely N-dealkylation sites (tertiary alicyclic amines) is 1. The third kappa shape index (κ3) is 2.69. The third-order valence-corrected chi connectivity index (χ3v) is 7.14. The Kier molecular flexibility index (Phi) is 4.04. The highest BCUT2D eigenvalue weighted by molar-refractivity contribution is 7.92. The molecular weight excluding hydrogens is 310 g/mol. The van der Waals surface area contributed by atoms with Crippen LogP contribution in [0.5, 0.6) is 0 Å². The van der Waals surface area contributed by atoms with Crippen LogP contribution in [0.4, 0.5) is 0 Å². The highest BCUT2D eigenvalue weighted by Gasteiger charge is 2.52. The molecular formula is C18H21NO3S. The molecule has 0 amide bonds. The summed E-state index contributed by atoms with van der Waals surface area (Å²) in [6.07, 6.45) is 0.372. The fourth-order valence-corrected chi connectivity index (χ4v) is 5.68. The Morgan fingerprint density at radius 2 is 1.52 bits per heavy atom. The molecule has 0 N–H and O–H groups in total. The largest absolute Gasteiger partial charge is 0.632 e. The van der Waals surface area contributed by atoms with E-state index in [0.29, 0.717) is 11.3 Å². The summed E-state index contributed by atoms with van der Waals surface area (Å²) in [5.74, 6) is 0. The van der Waals surface area contributed by atoms with Crippen molar-refractivity contribution in [3.05, 3.63) is 71.4 Å². The van der Waals surface area contributed by atoms with Gasteiger partial charge in [0.1, 0.15) is 11.3 Å². The van der Waals surface area contributed by atoms with Gasteiger partial charge in [0, 0.05) is 12.0 Å². The molecule has 0 radical (unpaired) electrons. The van der Waals surface area contributed by atoms with E-state index in [9.17, 15) is 13.6 Å². The molecule has 2 aromatic carbocycles. The average molecular weight is 331 g/mol. The number of quaternary nitrogens is 1. The van der Waals surface area contributed by atoms with Crippen LogP contribution in [0.2, 0.25) is 0 Å². The van der Waals surface area contributed by atoms with Crippen LogP contribution in [0.15, 0.2) is 65.6 Å². The lowest BCUT2D eigenvalue weighted by atomic mass is 10.0. The molecule has 23 heavy (non-hydrogen) atoms. The lowest BCUT2D eigenvalue weighted by Gasteiger charge is -2.45. The summed E-state index contributed by atoms with van der Waals surface area (Å²) in [5, 5.41) is 12.4. The van der Waals surface area contributed by atoms with E-state index >= 15 is 0 Å². The van der Waals surface area contributed by atoms with Gasteiger partial charge in [-0.15, -0.1) is 0 Å². The molecule has 0 aliphatic carbocycles. The van der Waals surface area contributed by atoms with Gasteiger partial charge >= 0.3 is 0 Å². The van der Waals surface area contributed by atoms with Crippen LogP contribution < -0.4 is 0 Å². The van der Waals surface area contributed by atoms with E-state index in [1.165, 1.54) is 0 Å². The zero-order valence-electron chi connectivity index (χ0n) is 13.3. The van der Waals surface area contributed by atoms with E-state index in [0.717, 1.165) is 5.56 Å². The van der Waals surface area contributed by atoms with Crippen LogP contribution in [-0.2, 0) is 9.84 Å². The Bertz CT molecular complexity index is 772. The highest BCUT2D eigenvalue weighted by atomic mass is 32.2. The number of nitrogens with zero attached hydrogens (tertiary/aromatic N) is 1. The molecule has 0 unspecified atom stereocenters. The smallest absolute Gasteiger partial charge is 0.187 e. The zero-order valence-corrected chi connectivity index (χ0v) is 14.1. The number of rotatable bonds is 3. The van der Waals surface area contributed by atoms with E-state index < -0.39 is 25.8 Å². The highest BCUT2D eigenvalue weighted by Crippen LogP contribution is 2.45. The average Bonchev–Trinajstić information content (AvgIpc) is 2.80. The van der Waals surface area contributed by atoms with Crippen molar-refractivity contribution in [2.45, 2.75) is 35.6 Å². The first-order valence-corrected chi connectivity index (χ1v) is 9.30. The van der Waals surface area contributed by atoms with Crippen LogP contribution in [0.1, 0.15) is 24.9 Å². The second-order valence-electron chi connectivity index (χ2n) is 6.40. The van der Waals surface area contributed by atoms with Gasteiger partial charge in [-0.05, 0) is 19.1 Å². The van der Waals surface area contributed by atoms with Gasteiger partial charge in [0.2, 0.25) is 0 Å². The first-order chi connectivity index (χ1) is 10.8. The maximum Gasteiger partial charge on any atom is 0.187 e. The number of benzene rings is 2. The van der Waals surface area contributed by atoms with Gasteiger partial charge in [-0.1, -0.05) is 48.5 Å². The van der Waals surface area contributed by atoms with E-state index in [-0.39, 0.29) is 6.04 Å². The van der Waals surface area contributed by atoms with Crippen LogP contribution in [0.3, 0.4) is 0 Å². The summed E-state index contributed by atoms with van der Waals surface area (Å²) in [7, 11) is -1.97. The van der Waals surface area contributed by atoms with Crippen molar-refractivity contribution >= 4 is 9.84 Å². The Morgan fingerprint density at radius 1 is 1.00 bits per heavy atom. The summed E-state index contributed by atoms with van der Waals surface area (Å²) in [6.45, 7) is 1.84. The summed E-state index contributed by atoms with van der Waals surface area (Å²) in [4.78, 5) is 0.292. The molecule has 2 aromatic rings. The molecule has 0 bridgehead atoms. The van der Waals surface area contributed by atoms with Gasteiger partial charge in [-0.25, -0.2) is 8.42 Å². The van der Waals surface area contributed by atoms with E-state index in [1.54, 1.807) is 37.4 Å². The molecule has 0 spiro atoms. The van der Waals surface area contributed by atoms with Crippen molar-refractivity contribution in [3.63, 3.8) is 0 Å². The maximum atomic E-state index is 13.1. The lowest BCUT2D eigenvalue weighted by molar-refractivity contribution is -0.900. The molecule has 4 atom stereocenters. The molecule has 1 aliphatic heterocycles. The fourth-order valence-electron chi connectivity index (χ4n) is 3.52. The van der Waals surface area contributed by atoms with Gasteiger partial charge < -0.3 is 9.85 Å². The second-order valence-corrected chi connectivity index (χ2v) is 8.56. The maximum absolute atomic E-state index is 13.1. The number of hydroxylamine groups is 3. The summed E-state index contributed by atoms with van der Waals surface area (Å²) >= 11 is 0. The van der Waals surface area contributed by atoms with Crippen LogP contribution in [0, 0.1) is 5.21 Å². The molecule has 1 fully saturated rings. The molecule has 5 heteroatoms. The molecule has 3 rings (SSSR count). The molecule has 4 nitrogen and oxygen atoms in total. The summed E-state index contributed by atoms with van der Waals surface area (Å²) < 4.78 is 25.7. The first-order valence-electron chi connectivity index (χ1n) is 7.76. The summed E-state index contributed by atoms with van der Waals surface area (Å²) in [6, 6.07) is 16.9. The van der Waals surface area contributed by atoms with Gasteiger partial charge in [-0.2, -0.15) is 0 Å². The number of hydrogen-bond donors (Lipinski definition) is 0. The Hall–Kier alpha value is -1.69. The van der Waals surface area contributed by atoms with Crippen molar-refractivity contribution in [2.24, 2.45) is 0 Å². The predicted octanol–water partition coefficient (Wildman–Crippen LogP) is 3.31. The van der Waals surface area contributed by atoms with Crippen molar-refractivity contribution in [2.75, 3.05) is 7.05 Å². The van der Waals surface area contributed by atoms with Crippen molar-refractivity contribution in [1.29, 1.82) is 0 Å². The first kappa shape index (κ1) is 16.2. The van der Waals surface area contributed by atoms with E-state index in [2.05, 4.69) is 0 Å². The van der Waals surface area contributed by atoms with Gasteiger partial charge in [0.25, 0.3) is 0 Å². The third-order valence-electron chi connectivity index (χ3n) is 4.96. The van der Waals surface area contributed by atoms with Crippen LogP contribution >= 0.6 is 0 Å². The molecule has 122 valence electrons. The molecule has 0 aromatic heterocycles. The topological polar surface area (TPSA) is 57.2 Å². The minimum atomic E-state index is -3.56. The number of hydrogen-bond acceptors (Lipinski definition) is 3. The van der Waals surface area contributed by atoms with Crippen LogP contribution in [0.25, 0.3) is 0 Å². The Balaban J connectivity index is 2.11. The minimum absolute atomic E-state index is 0.260. The zero-order chi connectivity index (χ0) is 16.7. The second kappa shape index (κ2) is 5.74. The summed E-state index contributed by atoms with van der Waals surface area (Å²) in [5.41, 5.74) is 0.791. The standard InChI is InChI=1S/C18H21NO3S/c1-14-13-17(23(21,22)16-11-7-4-8-12-16)18(19(14,2)20)15-9-5-3-6-10-15/h3-12,14,17-18H,13H2,1-2H3/t14-,17-,18+,19-/m0/s1. The van der Waals surface area contributed by atoms with Gasteiger partial charge in [-0.3, -0.25) is 0 Å². The van der Waals surface area contributed by atoms with E-state index in [1.807, 2.05) is 37.3 Å². The Morgan fingerprint density at radius 3 is 2.09 bits per heavy atom. The lowest BCUT2D eigenvalue weighted by Crippen LogP contribution is -2.44. The SMILES string of the molecule is C[C@H]1C[C@H](S(=O)(=O)c2ccccc2)[C@@H](c2ccccc2)[N@@+]1(C)[O-]. The number of sulfone groups is 1.